The van der Waals surface area contributed by atoms with Gasteiger partial charge >= 0.3 is 0 Å². The Kier molecular flexibility index (Phi) is 4.51. The molecule has 0 saturated carbocycles. The summed E-state index contributed by atoms with van der Waals surface area (Å²) in [6.45, 7) is 11.9. The summed E-state index contributed by atoms with van der Waals surface area (Å²) in [6, 6.07) is 0. The molecule has 1 heteroatoms. The fourth-order valence-corrected chi connectivity index (χ4v) is 0.497. The van der Waals surface area contributed by atoms with Gasteiger partial charge in [-0.05, 0) is 32.6 Å². The van der Waals surface area contributed by atoms with Crippen LogP contribution in [0.25, 0.3) is 0 Å². The first kappa shape index (κ1) is 10.2. The molecule has 0 aromatic carbocycles. The molecule has 0 bridgehead atoms. The highest BCUT2D eigenvalue weighted by Crippen LogP contribution is 2.08. The summed E-state index contributed by atoms with van der Waals surface area (Å²) < 4.78 is 0. The lowest BCUT2D eigenvalue weighted by Gasteiger charge is -2.01. The molecule has 11 heavy (non-hydrogen) atoms. The van der Waals surface area contributed by atoms with Crippen LogP contribution in [-0.2, 0) is 0 Å². The third-order valence-corrected chi connectivity index (χ3v) is 1.75. The van der Waals surface area contributed by atoms with Gasteiger partial charge in [-0.1, -0.05) is 25.5 Å². The zero-order chi connectivity index (χ0) is 8.85. The van der Waals surface area contributed by atoms with Crippen molar-refractivity contribution in [2.45, 2.75) is 27.7 Å². The van der Waals surface area contributed by atoms with Gasteiger partial charge in [-0.15, -0.1) is 0 Å². The molecular weight excluding hydrogens is 134 g/mol. The van der Waals surface area contributed by atoms with E-state index in [1.807, 2.05) is 13.0 Å². The minimum atomic E-state index is 0.615. The van der Waals surface area contributed by atoms with Crippen LogP contribution in [0.4, 0.5) is 0 Å². The molecule has 0 rings (SSSR count). The van der Waals surface area contributed by atoms with Crippen molar-refractivity contribution < 1.29 is 0 Å². The molecule has 0 radical (unpaired) electrons. The first-order valence-electron chi connectivity index (χ1n) is 3.89. The Morgan fingerprint density at radius 2 is 1.82 bits per heavy atom. The van der Waals surface area contributed by atoms with Crippen molar-refractivity contribution in [3.8, 4) is 0 Å². The van der Waals surface area contributed by atoms with Crippen LogP contribution < -0.4 is 0 Å². The van der Waals surface area contributed by atoms with Gasteiger partial charge in [0, 0.05) is 5.70 Å². The van der Waals surface area contributed by atoms with Crippen molar-refractivity contribution in [2.75, 3.05) is 0 Å². The van der Waals surface area contributed by atoms with Crippen LogP contribution in [0.3, 0.4) is 0 Å². The normalized spacial score (nSPS) is 13.9. The third kappa shape index (κ3) is 4.54. The lowest BCUT2D eigenvalue weighted by atomic mass is 10.1. The zero-order valence-corrected chi connectivity index (χ0v) is 7.89. The van der Waals surface area contributed by atoms with E-state index in [-0.39, 0.29) is 0 Å². The van der Waals surface area contributed by atoms with E-state index in [9.17, 15) is 0 Å². The van der Waals surface area contributed by atoms with Gasteiger partial charge in [0.2, 0.25) is 0 Å². The zero-order valence-electron chi connectivity index (χ0n) is 7.89. The van der Waals surface area contributed by atoms with Crippen molar-refractivity contribution in [1.82, 2.24) is 0 Å². The molecule has 62 valence electrons. The fourth-order valence-electron chi connectivity index (χ4n) is 0.497. The SMILES string of the molecule is C=N/C(C)=C\C=C(\C)C(C)C. The Morgan fingerprint density at radius 1 is 1.27 bits per heavy atom. The Labute approximate surface area is 69.5 Å². The third-order valence-electron chi connectivity index (χ3n) is 1.75. The second-order valence-corrected chi connectivity index (χ2v) is 3.03. The average Bonchev–Trinajstić information content (AvgIpc) is 1.99. The molecule has 0 saturated heterocycles. The van der Waals surface area contributed by atoms with E-state index in [1.54, 1.807) is 0 Å². The summed E-state index contributed by atoms with van der Waals surface area (Å²) in [6.07, 6.45) is 4.08. The molecule has 0 N–H and O–H groups in total. The average molecular weight is 151 g/mol. The molecule has 0 spiro atoms. The van der Waals surface area contributed by atoms with Gasteiger partial charge in [0.1, 0.15) is 0 Å². The highest BCUT2D eigenvalue weighted by molar-refractivity contribution is 5.29. The van der Waals surface area contributed by atoms with Crippen molar-refractivity contribution >= 4 is 6.72 Å². The lowest BCUT2D eigenvalue weighted by Crippen LogP contribution is -1.86. The van der Waals surface area contributed by atoms with Gasteiger partial charge in [-0.2, -0.15) is 0 Å². The number of aliphatic imine (C=N–C) groups is 1. The topological polar surface area (TPSA) is 12.4 Å². The molecule has 0 fully saturated rings. The standard InChI is InChI=1S/C10H17N/c1-8(2)9(3)6-7-10(4)11-5/h6-8H,5H2,1-4H3/b9-6-,10-7-. The summed E-state index contributed by atoms with van der Waals surface area (Å²) in [5.74, 6) is 0.615. The van der Waals surface area contributed by atoms with Crippen molar-refractivity contribution in [3.63, 3.8) is 0 Å². The number of rotatable bonds is 3. The van der Waals surface area contributed by atoms with E-state index in [0.29, 0.717) is 5.92 Å². The van der Waals surface area contributed by atoms with Crippen LogP contribution >= 0.6 is 0 Å². The molecule has 1 nitrogen and oxygen atoms in total. The van der Waals surface area contributed by atoms with E-state index < -0.39 is 0 Å². The minimum absolute atomic E-state index is 0.615. The predicted octanol–water partition coefficient (Wildman–Crippen LogP) is 3.19. The van der Waals surface area contributed by atoms with Crippen LogP contribution in [0.2, 0.25) is 0 Å². The first-order valence-corrected chi connectivity index (χ1v) is 3.89. The summed E-state index contributed by atoms with van der Waals surface area (Å²) >= 11 is 0. The maximum atomic E-state index is 3.79. The van der Waals surface area contributed by atoms with Crippen LogP contribution in [0.15, 0.2) is 28.4 Å². The predicted molar refractivity (Wildman–Crippen MR) is 51.9 cm³/mol. The van der Waals surface area contributed by atoms with E-state index in [0.717, 1.165) is 5.70 Å². The largest absolute Gasteiger partial charge is 0.269 e. The van der Waals surface area contributed by atoms with Crippen molar-refractivity contribution in [2.24, 2.45) is 10.9 Å². The fraction of sp³-hybridized carbons (Fsp3) is 0.500. The summed E-state index contributed by atoms with van der Waals surface area (Å²) in [5, 5.41) is 0. The van der Waals surface area contributed by atoms with Crippen LogP contribution in [0.5, 0.6) is 0 Å². The molecule has 0 aromatic heterocycles. The van der Waals surface area contributed by atoms with Crippen molar-refractivity contribution in [3.05, 3.63) is 23.4 Å². The maximum absolute atomic E-state index is 3.79. The van der Waals surface area contributed by atoms with Crippen LogP contribution in [0, 0.1) is 5.92 Å². The van der Waals surface area contributed by atoms with E-state index in [2.05, 4.69) is 38.6 Å². The van der Waals surface area contributed by atoms with Crippen LogP contribution in [0.1, 0.15) is 27.7 Å². The molecule has 0 heterocycles. The number of hydrogen-bond acceptors (Lipinski definition) is 1. The first-order chi connectivity index (χ1) is 5.07. The van der Waals surface area contributed by atoms with Gasteiger partial charge in [-0.25, -0.2) is 0 Å². The molecule has 0 aliphatic carbocycles. The van der Waals surface area contributed by atoms with Gasteiger partial charge in [0.15, 0.2) is 0 Å². The second-order valence-electron chi connectivity index (χ2n) is 3.03. The van der Waals surface area contributed by atoms with Gasteiger partial charge < -0.3 is 0 Å². The van der Waals surface area contributed by atoms with E-state index in [4.69, 9.17) is 0 Å². The number of nitrogens with zero attached hydrogens (tertiary/aromatic N) is 1. The highest BCUT2D eigenvalue weighted by atomic mass is 14.7. The Hall–Kier alpha value is -0.850. The molecular formula is C10H17N. The van der Waals surface area contributed by atoms with Gasteiger partial charge in [-0.3, -0.25) is 4.99 Å². The Morgan fingerprint density at radius 3 is 2.18 bits per heavy atom. The molecule has 0 unspecified atom stereocenters. The highest BCUT2D eigenvalue weighted by Gasteiger charge is 1.92. The van der Waals surface area contributed by atoms with Gasteiger partial charge in [0.05, 0.1) is 0 Å². The second kappa shape index (κ2) is 4.89. The molecule has 0 aliphatic heterocycles. The van der Waals surface area contributed by atoms with E-state index >= 15 is 0 Å². The minimum Gasteiger partial charge on any atom is -0.269 e. The summed E-state index contributed by atoms with van der Waals surface area (Å²) in [5.41, 5.74) is 2.33. The Balaban J connectivity index is 4.22. The van der Waals surface area contributed by atoms with E-state index in [1.165, 1.54) is 5.57 Å². The smallest absolute Gasteiger partial charge is 0.0365 e. The maximum Gasteiger partial charge on any atom is 0.0365 e. The number of allylic oxidation sites excluding steroid dienone is 4. The van der Waals surface area contributed by atoms with Crippen LogP contribution in [-0.4, -0.2) is 6.72 Å². The molecule has 0 aromatic rings. The quantitative estimate of drug-likeness (QED) is 0.434. The Bertz CT molecular complexity index is 185. The lowest BCUT2D eigenvalue weighted by molar-refractivity contribution is 0.769. The van der Waals surface area contributed by atoms with Crippen molar-refractivity contribution in [1.29, 1.82) is 0 Å². The molecule has 0 amide bonds. The van der Waals surface area contributed by atoms with Gasteiger partial charge in [0.25, 0.3) is 0 Å². The summed E-state index contributed by atoms with van der Waals surface area (Å²) in [7, 11) is 0. The monoisotopic (exact) mass is 151 g/mol. The molecule has 0 atom stereocenters. The number of hydrogen-bond donors (Lipinski definition) is 0. The molecule has 0 aliphatic rings. The summed E-state index contributed by atoms with van der Waals surface area (Å²) in [4.78, 5) is 3.79.